The quantitative estimate of drug-likeness (QED) is 0.668. The molecule has 1 saturated carbocycles. The Morgan fingerprint density at radius 1 is 1.37 bits per heavy atom. The molecule has 2 unspecified atom stereocenters. The summed E-state index contributed by atoms with van der Waals surface area (Å²) < 4.78 is 0. The smallest absolute Gasteiger partial charge is 0.234 e. The van der Waals surface area contributed by atoms with Crippen LogP contribution in [-0.4, -0.2) is 48.8 Å². The molecule has 5 heteroatoms. The van der Waals surface area contributed by atoms with E-state index in [0.29, 0.717) is 19.0 Å². The fourth-order valence-corrected chi connectivity index (χ4v) is 2.51. The highest BCUT2D eigenvalue weighted by molar-refractivity contribution is 5.88. The van der Waals surface area contributed by atoms with E-state index < -0.39 is 6.04 Å². The van der Waals surface area contributed by atoms with Gasteiger partial charge in [-0.15, -0.1) is 0 Å². The van der Waals surface area contributed by atoms with Crippen molar-refractivity contribution in [1.29, 1.82) is 0 Å². The summed E-state index contributed by atoms with van der Waals surface area (Å²) >= 11 is 0. The van der Waals surface area contributed by atoms with Gasteiger partial charge in [0, 0.05) is 12.6 Å². The fourth-order valence-electron chi connectivity index (χ4n) is 2.51. The maximum absolute atomic E-state index is 12.0. The summed E-state index contributed by atoms with van der Waals surface area (Å²) in [7, 11) is 1.92. The number of hydrogen-bond donors (Lipinski definition) is 2. The fraction of sp³-hybridized carbons (Fsp3) is 0.857. The molecule has 5 nitrogen and oxygen atoms in total. The van der Waals surface area contributed by atoms with Gasteiger partial charge >= 0.3 is 0 Å². The van der Waals surface area contributed by atoms with Crippen LogP contribution in [0.4, 0.5) is 0 Å². The van der Waals surface area contributed by atoms with Crippen molar-refractivity contribution >= 4 is 11.7 Å². The van der Waals surface area contributed by atoms with Gasteiger partial charge in [-0.1, -0.05) is 13.8 Å². The molecule has 110 valence electrons. The Bertz CT molecular complexity index is 327. The minimum absolute atomic E-state index is 0.00331. The number of nitrogens with one attached hydrogen (secondary N) is 1. The Kier molecular flexibility index (Phi) is 5.94. The molecule has 1 amide bonds. The van der Waals surface area contributed by atoms with Crippen LogP contribution in [0.1, 0.15) is 33.6 Å². The monoisotopic (exact) mass is 269 g/mol. The minimum atomic E-state index is -0.391. The summed E-state index contributed by atoms with van der Waals surface area (Å²) in [6, 6.07) is -0.112. The average molecular weight is 269 g/mol. The Morgan fingerprint density at radius 3 is 2.32 bits per heavy atom. The first-order chi connectivity index (χ1) is 8.86. The van der Waals surface area contributed by atoms with Crippen molar-refractivity contribution in [2.75, 3.05) is 20.1 Å². The number of amides is 1. The number of nitrogens with zero attached hydrogens (tertiary/aromatic N) is 1. The first-order valence-corrected chi connectivity index (χ1v) is 7.07. The van der Waals surface area contributed by atoms with Gasteiger partial charge in [-0.25, -0.2) is 0 Å². The number of carbonyl (C=O) groups is 2. The maximum atomic E-state index is 12.0. The molecule has 0 aromatic rings. The van der Waals surface area contributed by atoms with Gasteiger partial charge in [-0.05, 0) is 38.6 Å². The molecule has 0 aromatic carbocycles. The van der Waals surface area contributed by atoms with Gasteiger partial charge < -0.3 is 11.1 Å². The number of likely N-dealkylation sites (N-methyl/N-ethyl adjacent to an activating group) is 1. The number of ketones is 1. The van der Waals surface area contributed by atoms with E-state index in [1.807, 2.05) is 25.8 Å². The lowest BCUT2D eigenvalue weighted by Crippen LogP contribution is -2.50. The van der Waals surface area contributed by atoms with E-state index in [-0.39, 0.29) is 23.7 Å². The van der Waals surface area contributed by atoms with Crippen molar-refractivity contribution in [2.45, 2.75) is 45.7 Å². The highest BCUT2D eigenvalue weighted by Gasteiger charge is 2.33. The molecule has 0 aliphatic heterocycles. The highest BCUT2D eigenvalue weighted by atomic mass is 16.2. The summed E-state index contributed by atoms with van der Waals surface area (Å²) in [4.78, 5) is 25.5. The standard InChI is InChI=1S/C14H27N3O2/c1-9(2)14(10(3)18)16-13(19)8-17(4)12(7-15)11-5-6-11/h9,11-12,14H,5-8,15H2,1-4H3,(H,16,19). The summed E-state index contributed by atoms with van der Waals surface area (Å²) in [5.41, 5.74) is 5.76. The molecular formula is C14H27N3O2. The van der Waals surface area contributed by atoms with Crippen molar-refractivity contribution < 1.29 is 9.59 Å². The Hall–Kier alpha value is -0.940. The van der Waals surface area contributed by atoms with E-state index in [9.17, 15) is 9.59 Å². The first-order valence-electron chi connectivity index (χ1n) is 7.07. The van der Waals surface area contributed by atoms with Crippen LogP contribution >= 0.6 is 0 Å². The SMILES string of the molecule is CC(=O)C(NC(=O)CN(C)C(CN)C1CC1)C(C)C. The molecule has 0 heterocycles. The molecule has 0 radical (unpaired) electrons. The zero-order chi connectivity index (χ0) is 14.6. The number of nitrogens with two attached hydrogens (primary N) is 1. The number of Topliss-reactive ketones (excluding diaryl/α,β-unsaturated/α-hetero) is 1. The van der Waals surface area contributed by atoms with Gasteiger partial charge in [0.25, 0.3) is 0 Å². The summed E-state index contributed by atoms with van der Waals surface area (Å²) in [5, 5.41) is 2.81. The van der Waals surface area contributed by atoms with E-state index in [1.54, 1.807) is 0 Å². The van der Waals surface area contributed by atoms with Crippen molar-refractivity contribution in [3.8, 4) is 0 Å². The van der Waals surface area contributed by atoms with Crippen LogP contribution in [0.2, 0.25) is 0 Å². The second kappa shape index (κ2) is 7.01. The third kappa shape index (κ3) is 4.91. The summed E-state index contributed by atoms with van der Waals surface area (Å²) in [6.45, 7) is 6.26. The van der Waals surface area contributed by atoms with Crippen LogP contribution in [0, 0.1) is 11.8 Å². The first kappa shape index (κ1) is 16.1. The van der Waals surface area contributed by atoms with Gasteiger partial charge in [-0.2, -0.15) is 0 Å². The van der Waals surface area contributed by atoms with Gasteiger partial charge in [-0.3, -0.25) is 14.5 Å². The molecule has 1 aliphatic carbocycles. The van der Waals surface area contributed by atoms with Crippen LogP contribution in [0.3, 0.4) is 0 Å². The van der Waals surface area contributed by atoms with E-state index in [4.69, 9.17) is 5.73 Å². The summed E-state index contributed by atoms with van der Waals surface area (Å²) in [5.74, 6) is 0.649. The Labute approximate surface area is 115 Å². The lowest BCUT2D eigenvalue weighted by Gasteiger charge is -2.27. The second-order valence-corrected chi connectivity index (χ2v) is 5.96. The average Bonchev–Trinajstić information content (AvgIpc) is 3.10. The lowest BCUT2D eigenvalue weighted by atomic mass is 10.0. The zero-order valence-electron chi connectivity index (χ0n) is 12.5. The van der Waals surface area contributed by atoms with Crippen LogP contribution < -0.4 is 11.1 Å². The van der Waals surface area contributed by atoms with Crippen molar-refractivity contribution in [2.24, 2.45) is 17.6 Å². The van der Waals surface area contributed by atoms with Crippen LogP contribution in [0.5, 0.6) is 0 Å². The zero-order valence-corrected chi connectivity index (χ0v) is 12.5. The third-order valence-electron chi connectivity index (χ3n) is 3.79. The van der Waals surface area contributed by atoms with Gasteiger partial charge in [0.1, 0.15) is 0 Å². The minimum Gasteiger partial charge on any atom is -0.345 e. The number of hydrogen-bond acceptors (Lipinski definition) is 4. The molecular weight excluding hydrogens is 242 g/mol. The lowest BCUT2D eigenvalue weighted by molar-refractivity contribution is -0.128. The maximum Gasteiger partial charge on any atom is 0.234 e. The molecule has 1 fully saturated rings. The molecule has 0 saturated heterocycles. The number of carbonyl (C=O) groups excluding carboxylic acids is 2. The predicted octanol–water partition coefficient (Wildman–Crippen LogP) is 0.385. The molecule has 1 aliphatic rings. The van der Waals surface area contributed by atoms with E-state index in [1.165, 1.54) is 19.8 Å². The predicted molar refractivity (Wildman–Crippen MR) is 75.6 cm³/mol. The van der Waals surface area contributed by atoms with Crippen LogP contribution in [-0.2, 0) is 9.59 Å². The normalized spacial score (nSPS) is 18.5. The van der Waals surface area contributed by atoms with Crippen molar-refractivity contribution in [3.05, 3.63) is 0 Å². The van der Waals surface area contributed by atoms with E-state index in [0.717, 1.165) is 0 Å². The van der Waals surface area contributed by atoms with Gasteiger partial charge in [0.15, 0.2) is 5.78 Å². The molecule has 3 N–H and O–H groups in total. The van der Waals surface area contributed by atoms with Gasteiger partial charge in [0.2, 0.25) is 5.91 Å². The van der Waals surface area contributed by atoms with E-state index >= 15 is 0 Å². The molecule has 1 rings (SSSR count). The third-order valence-corrected chi connectivity index (χ3v) is 3.79. The number of rotatable bonds is 8. The largest absolute Gasteiger partial charge is 0.345 e. The molecule has 0 spiro atoms. The Morgan fingerprint density at radius 2 is 1.95 bits per heavy atom. The van der Waals surface area contributed by atoms with E-state index in [2.05, 4.69) is 5.32 Å². The molecule has 0 bridgehead atoms. The van der Waals surface area contributed by atoms with Crippen molar-refractivity contribution in [1.82, 2.24) is 10.2 Å². The van der Waals surface area contributed by atoms with Crippen LogP contribution in [0.15, 0.2) is 0 Å². The summed E-state index contributed by atoms with van der Waals surface area (Å²) in [6.07, 6.45) is 2.41. The van der Waals surface area contributed by atoms with Crippen LogP contribution in [0.25, 0.3) is 0 Å². The highest BCUT2D eigenvalue weighted by Crippen LogP contribution is 2.34. The van der Waals surface area contributed by atoms with Crippen molar-refractivity contribution in [3.63, 3.8) is 0 Å². The molecule has 2 atom stereocenters. The molecule has 19 heavy (non-hydrogen) atoms. The second-order valence-electron chi connectivity index (χ2n) is 5.96. The Balaban J connectivity index is 2.46. The molecule has 0 aromatic heterocycles. The topological polar surface area (TPSA) is 75.4 Å². The van der Waals surface area contributed by atoms with Gasteiger partial charge in [0.05, 0.1) is 12.6 Å².